The molecule has 16 heavy (non-hydrogen) atoms. The molecule has 0 radical (unpaired) electrons. The predicted octanol–water partition coefficient (Wildman–Crippen LogP) is 4.38. The number of aromatic nitrogens is 1. The average Bonchev–Trinajstić information content (AvgIpc) is 2.44. The smallest absolute Gasteiger partial charge is 0.143 e. The Bertz CT molecular complexity index is 368. The van der Waals surface area contributed by atoms with E-state index in [2.05, 4.69) is 54.7 Å². The Morgan fingerprint density at radius 2 is 2.12 bits per heavy atom. The van der Waals surface area contributed by atoms with Gasteiger partial charge in [-0.15, -0.1) is 0 Å². The molecule has 1 fully saturated rings. The van der Waals surface area contributed by atoms with Gasteiger partial charge in [-0.2, -0.15) is 0 Å². The quantitative estimate of drug-likeness (QED) is 0.749. The maximum absolute atomic E-state index is 4.53. The topological polar surface area (TPSA) is 16.1 Å². The van der Waals surface area contributed by atoms with Crippen LogP contribution in [0.1, 0.15) is 32.6 Å². The molecule has 2 rings (SSSR count). The zero-order valence-electron chi connectivity index (χ0n) is 9.42. The number of nitrogens with zero attached hydrogens (tertiary/aromatic N) is 2. The van der Waals surface area contributed by atoms with Crippen molar-refractivity contribution in [2.24, 2.45) is 0 Å². The Morgan fingerprint density at radius 3 is 2.88 bits per heavy atom. The van der Waals surface area contributed by atoms with Gasteiger partial charge in [-0.05, 0) is 57.7 Å². The van der Waals surface area contributed by atoms with Crippen molar-refractivity contribution in [3.8, 4) is 0 Å². The summed E-state index contributed by atoms with van der Waals surface area (Å²) in [5, 5.41) is 0. The Kier molecular flexibility index (Phi) is 4.25. The third-order valence-corrected chi connectivity index (χ3v) is 4.13. The summed E-state index contributed by atoms with van der Waals surface area (Å²) in [7, 11) is 0. The lowest BCUT2D eigenvalue weighted by Gasteiger charge is -2.29. The summed E-state index contributed by atoms with van der Waals surface area (Å²) >= 11 is 7.04. The maximum Gasteiger partial charge on any atom is 0.143 e. The molecule has 0 N–H and O–H groups in total. The maximum atomic E-state index is 4.53. The van der Waals surface area contributed by atoms with E-state index in [9.17, 15) is 0 Å². The van der Waals surface area contributed by atoms with E-state index in [0.717, 1.165) is 21.3 Å². The van der Waals surface area contributed by atoms with Gasteiger partial charge in [0.15, 0.2) is 0 Å². The van der Waals surface area contributed by atoms with E-state index < -0.39 is 0 Å². The van der Waals surface area contributed by atoms with Crippen LogP contribution in [0.4, 0.5) is 5.82 Å². The molecule has 1 saturated heterocycles. The fourth-order valence-electron chi connectivity index (χ4n) is 2.21. The molecule has 1 unspecified atom stereocenters. The summed E-state index contributed by atoms with van der Waals surface area (Å²) in [6, 6.07) is 2.66. The van der Waals surface area contributed by atoms with Crippen molar-refractivity contribution in [2.45, 2.75) is 38.6 Å². The number of anilines is 1. The van der Waals surface area contributed by atoms with Crippen molar-refractivity contribution in [2.75, 3.05) is 11.4 Å². The Morgan fingerprint density at radius 1 is 1.31 bits per heavy atom. The Labute approximate surface area is 114 Å². The van der Waals surface area contributed by atoms with Crippen LogP contribution < -0.4 is 4.90 Å². The second-order valence-electron chi connectivity index (χ2n) is 4.35. The minimum atomic E-state index is 0.590. The van der Waals surface area contributed by atoms with Crippen LogP contribution in [0.15, 0.2) is 21.2 Å². The van der Waals surface area contributed by atoms with Gasteiger partial charge in [0.1, 0.15) is 5.82 Å². The molecule has 2 heterocycles. The number of hydrogen-bond donors (Lipinski definition) is 0. The van der Waals surface area contributed by atoms with Crippen molar-refractivity contribution < 1.29 is 0 Å². The predicted molar refractivity (Wildman–Crippen MR) is 74.9 cm³/mol. The molecule has 1 atom stereocenters. The van der Waals surface area contributed by atoms with Crippen LogP contribution >= 0.6 is 31.9 Å². The van der Waals surface area contributed by atoms with Crippen molar-refractivity contribution >= 4 is 37.7 Å². The van der Waals surface area contributed by atoms with Crippen LogP contribution in [0.25, 0.3) is 0 Å². The van der Waals surface area contributed by atoms with Gasteiger partial charge in [-0.25, -0.2) is 4.98 Å². The molecule has 0 aromatic carbocycles. The van der Waals surface area contributed by atoms with Gasteiger partial charge >= 0.3 is 0 Å². The van der Waals surface area contributed by atoms with Crippen molar-refractivity contribution in [3.05, 3.63) is 21.2 Å². The molecule has 2 nitrogen and oxygen atoms in total. The normalized spacial score (nSPS) is 21.9. The van der Waals surface area contributed by atoms with Crippen LogP contribution in [0, 0.1) is 0 Å². The van der Waals surface area contributed by atoms with E-state index >= 15 is 0 Å². The highest BCUT2D eigenvalue weighted by Crippen LogP contribution is 2.30. The van der Waals surface area contributed by atoms with Gasteiger partial charge in [-0.1, -0.05) is 12.8 Å². The van der Waals surface area contributed by atoms with Crippen molar-refractivity contribution in [1.29, 1.82) is 0 Å². The lowest BCUT2D eigenvalue weighted by molar-refractivity contribution is 0.610. The van der Waals surface area contributed by atoms with Gasteiger partial charge in [0.25, 0.3) is 0 Å². The summed E-state index contributed by atoms with van der Waals surface area (Å²) in [4.78, 5) is 6.95. The van der Waals surface area contributed by atoms with E-state index in [-0.39, 0.29) is 0 Å². The second kappa shape index (κ2) is 5.50. The fourth-order valence-corrected chi connectivity index (χ4v) is 3.42. The molecule has 0 bridgehead atoms. The largest absolute Gasteiger partial charge is 0.353 e. The van der Waals surface area contributed by atoms with Gasteiger partial charge < -0.3 is 4.90 Å². The van der Waals surface area contributed by atoms with Gasteiger partial charge in [0, 0.05) is 23.3 Å². The molecular formula is C12H16Br2N2. The average molecular weight is 348 g/mol. The molecular weight excluding hydrogens is 332 g/mol. The Hall–Kier alpha value is -0.0900. The lowest BCUT2D eigenvalue weighted by Crippen LogP contribution is -2.33. The molecule has 88 valence electrons. The van der Waals surface area contributed by atoms with Crippen LogP contribution in [0.2, 0.25) is 0 Å². The minimum Gasteiger partial charge on any atom is -0.353 e. The first-order chi connectivity index (χ1) is 7.68. The zero-order chi connectivity index (χ0) is 11.5. The lowest BCUT2D eigenvalue weighted by atomic mass is 10.1. The van der Waals surface area contributed by atoms with E-state index in [4.69, 9.17) is 0 Å². The third kappa shape index (κ3) is 2.77. The van der Waals surface area contributed by atoms with Crippen LogP contribution in [0.3, 0.4) is 0 Å². The summed E-state index contributed by atoms with van der Waals surface area (Å²) in [5.41, 5.74) is 0. The van der Waals surface area contributed by atoms with Crippen molar-refractivity contribution in [1.82, 2.24) is 4.98 Å². The first-order valence-corrected chi connectivity index (χ1v) is 7.35. The first kappa shape index (κ1) is 12.4. The second-order valence-corrected chi connectivity index (χ2v) is 6.12. The highest BCUT2D eigenvalue weighted by atomic mass is 79.9. The molecule has 0 aliphatic carbocycles. The molecule has 4 heteroatoms. The zero-order valence-corrected chi connectivity index (χ0v) is 12.6. The molecule has 0 spiro atoms. The molecule has 1 aliphatic rings. The number of pyridine rings is 1. The van der Waals surface area contributed by atoms with E-state index in [0.29, 0.717) is 6.04 Å². The van der Waals surface area contributed by atoms with E-state index in [1.54, 1.807) is 0 Å². The number of hydrogen-bond acceptors (Lipinski definition) is 2. The van der Waals surface area contributed by atoms with E-state index in [1.165, 1.54) is 25.7 Å². The Balaban J connectivity index is 2.27. The fraction of sp³-hybridized carbons (Fsp3) is 0.583. The molecule has 1 aliphatic heterocycles. The summed E-state index contributed by atoms with van der Waals surface area (Å²) in [6.07, 6.45) is 7.09. The molecule has 0 saturated carbocycles. The standard InChI is InChI=1S/C12H16Br2N2/c1-9-5-3-2-4-6-16(9)12-11(14)7-10(13)8-15-12/h7-9H,2-6H2,1H3. The molecule has 1 aromatic heterocycles. The SMILES string of the molecule is CC1CCCCCN1c1ncc(Br)cc1Br. The van der Waals surface area contributed by atoms with Crippen LogP contribution in [-0.4, -0.2) is 17.6 Å². The van der Waals surface area contributed by atoms with Gasteiger partial charge in [0.2, 0.25) is 0 Å². The van der Waals surface area contributed by atoms with Crippen LogP contribution in [0.5, 0.6) is 0 Å². The van der Waals surface area contributed by atoms with Crippen LogP contribution in [-0.2, 0) is 0 Å². The highest BCUT2D eigenvalue weighted by Gasteiger charge is 2.20. The van der Waals surface area contributed by atoms with Crippen molar-refractivity contribution in [3.63, 3.8) is 0 Å². The van der Waals surface area contributed by atoms with Gasteiger partial charge in [-0.3, -0.25) is 0 Å². The molecule has 0 amide bonds. The van der Waals surface area contributed by atoms with Gasteiger partial charge in [0.05, 0.1) is 4.47 Å². The monoisotopic (exact) mass is 346 g/mol. The first-order valence-electron chi connectivity index (χ1n) is 5.76. The highest BCUT2D eigenvalue weighted by molar-refractivity contribution is 9.11. The number of rotatable bonds is 1. The third-order valence-electron chi connectivity index (χ3n) is 3.11. The van der Waals surface area contributed by atoms with E-state index in [1.807, 2.05) is 6.20 Å². The minimum absolute atomic E-state index is 0.590. The summed E-state index contributed by atoms with van der Waals surface area (Å²) in [5.74, 6) is 1.08. The molecule has 1 aromatic rings. The summed E-state index contributed by atoms with van der Waals surface area (Å²) in [6.45, 7) is 3.41. The number of halogens is 2. The summed E-state index contributed by atoms with van der Waals surface area (Å²) < 4.78 is 2.10.